The minimum Gasteiger partial charge on any atom is -0.477 e. The van der Waals surface area contributed by atoms with Gasteiger partial charge in [0.25, 0.3) is 0 Å². The first-order chi connectivity index (χ1) is 16.8. The first kappa shape index (κ1) is 22.1. The number of hydrogen-bond donors (Lipinski definition) is 1. The molecule has 0 unspecified atom stereocenters. The van der Waals surface area contributed by atoms with Gasteiger partial charge in [-0.3, -0.25) is 14.2 Å². The fraction of sp³-hybridized carbons (Fsp3) is 0.435. The van der Waals surface area contributed by atoms with Crippen LogP contribution >= 0.6 is 11.3 Å². The van der Waals surface area contributed by atoms with Crippen LogP contribution in [0.1, 0.15) is 29.6 Å². The summed E-state index contributed by atoms with van der Waals surface area (Å²) in [7, 11) is 0. The smallest absolute Gasteiger partial charge is 0.341 e. The fourth-order valence-corrected chi connectivity index (χ4v) is 5.72. The normalized spacial score (nSPS) is 19.6. The molecule has 6 rings (SSSR count). The van der Waals surface area contributed by atoms with Gasteiger partial charge in [0.15, 0.2) is 22.4 Å². The lowest BCUT2D eigenvalue weighted by molar-refractivity contribution is -0.183. The summed E-state index contributed by atoms with van der Waals surface area (Å²) in [6.45, 7) is 2.58. The van der Waals surface area contributed by atoms with E-state index >= 15 is 4.39 Å². The molecule has 0 aromatic carbocycles. The van der Waals surface area contributed by atoms with E-state index < -0.39 is 22.8 Å². The van der Waals surface area contributed by atoms with Gasteiger partial charge in [-0.15, -0.1) is 11.3 Å². The summed E-state index contributed by atoms with van der Waals surface area (Å²) in [5.74, 6) is -2.36. The number of pyridine rings is 2. The number of carbonyl (C=O) groups excluding carboxylic acids is 1. The van der Waals surface area contributed by atoms with Gasteiger partial charge in [-0.2, -0.15) is 0 Å². The summed E-state index contributed by atoms with van der Waals surface area (Å²) < 4.78 is 22.3. The molecule has 6 heterocycles. The number of fused-ring (bicyclic) bond motifs is 1. The Morgan fingerprint density at radius 1 is 1.26 bits per heavy atom. The molecular formula is C23H22FN5O5S. The second-order valence-corrected chi connectivity index (χ2v) is 10.2. The highest BCUT2D eigenvalue weighted by Gasteiger charge is 2.49. The molecule has 3 fully saturated rings. The van der Waals surface area contributed by atoms with Crippen molar-refractivity contribution in [2.24, 2.45) is 5.92 Å². The molecule has 0 radical (unpaired) electrons. The molecule has 3 aromatic rings. The van der Waals surface area contributed by atoms with Gasteiger partial charge in [0.1, 0.15) is 11.2 Å². The van der Waals surface area contributed by atoms with Crippen LogP contribution in [0.4, 0.5) is 10.2 Å². The van der Waals surface area contributed by atoms with E-state index in [2.05, 4.69) is 9.97 Å². The summed E-state index contributed by atoms with van der Waals surface area (Å²) in [5.41, 5.74) is -1.38. The Morgan fingerprint density at radius 3 is 2.71 bits per heavy atom. The number of amides is 1. The van der Waals surface area contributed by atoms with E-state index in [0.29, 0.717) is 31.3 Å². The molecule has 1 amide bonds. The molecule has 1 N–H and O–H groups in total. The van der Waals surface area contributed by atoms with Crippen LogP contribution in [0.15, 0.2) is 28.6 Å². The van der Waals surface area contributed by atoms with Gasteiger partial charge >= 0.3 is 5.97 Å². The van der Waals surface area contributed by atoms with Crippen molar-refractivity contribution in [1.82, 2.24) is 19.4 Å². The summed E-state index contributed by atoms with van der Waals surface area (Å²) >= 11 is 1.23. The van der Waals surface area contributed by atoms with Gasteiger partial charge < -0.3 is 19.6 Å². The van der Waals surface area contributed by atoms with Gasteiger partial charge in [0, 0.05) is 37.5 Å². The van der Waals surface area contributed by atoms with Crippen LogP contribution in [0.25, 0.3) is 16.2 Å². The van der Waals surface area contributed by atoms with E-state index in [-0.39, 0.29) is 34.3 Å². The largest absolute Gasteiger partial charge is 0.477 e. The number of nitrogens with zero attached hydrogens (tertiary/aromatic N) is 5. The molecule has 3 aromatic heterocycles. The molecule has 3 aliphatic heterocycles. The van der Waals surface area contributed by atoms with Crippen LogP contribution in [0.5, 0.6) is 0 Å². The number of hydrogen-bond acceptors (Lipinski definition) is 8. The van der Waals surface area contributed by atoms with E-state index in [0.717, 1.165) is 38.1 Å². The summed E-state index contributed by atoms with van der Waals surface area (Å²) in [6.07, 6.45) is 5.86. The summed E-state index contributed by atoms with van der Waals surface area (Å²) in [4.78, 5) is 49.2. The second-order valence-electron chi connectivity index (χ2n) is 9.31. The Kier molecular flexibility index (Phi) is 5.11. The maximum atomic E-state index is 15.1. The third kappa shape index (κ3) is 3.59. The number of carbonyl (C=O) groups is 2. The molecular weight excluding hydrogens is 477 g/mol. The quantitative estimate of drug-likeness (QED) is 0.578. The minimum atomic E-state index is -1.41. The first-order valence-electron chi connectivity index (χ1n) is 11.4. The Bertz CT molecular complexity index is 1390. The van der Waals surface area contributed by atoms with Crippen molar-refractivity contribution in [3.05, 3.63) is 45.4 Å². The second kappa shape index (κ2) is 8.09. The average Bonchev–Trinajstić information content (AvgIpc) is 3.32. The van der Waals surface area contributed by atoms with Gasteiger partial charge in [0.05, 0.1) is 24.4 Å². The number of aromatic carboxylic acids is 1. The Labute approximate surface area is 202 Å². The van der Waals surface area contributed by atoms with E-state index in [9.17, 15) is 19.5 Å². The number of anilines is 1. The van der Waals surface area contributed by atoms with Crippen LogP contribution in [-0.2, 0) is 9.53 Å². The highest BCUT2D eigenvalue weighted by atomic mass is 32.1. The monoisotopic (exact) mass is 499 g/mol. The maximum absolute atomic E-state index is 15.1. The number of likely N-dealkylation sites (tertiary alicyclic amines) is 1. The van der Waals surface area contributed by atoms with Gasteiger partial charge in [-0.05, 0) is 25.3 Å². The number of rotatable bonds is 4. The van der Waals surface area contributed by atoms with E-state index in [1.807, 2.05) is 4.90 Å². The third-order valence-electron chi connectivity index (χ3n) is 7.00. The van der Waals surface area contributed by atoms with Crippen LogP contribution in [0.2, 0.25) is 0 Å². The van der Waals surface area contributed by atoms with Gasteiger partial charge in [-0.1, -0.05) is 0 Å². The molecule has 3 saturated heterocycles. The molecule has 12 heteroatoms. The lowest BCUT2D eigenvalue weighted by Crippen LogP contribution is -2.68. The zero-order chi connectivity index (χ0) is 24.3. The molecule has 10 nitrogen and oxygen atoms in total. The van der Waals surface area contributed by atoms with E-state index in [4.69, 9.17) is 4.74 Å². The summed E-state index contributed by atoms with van der Waals surface area (Å²) in [6, 6.07) is 1.02. The number of ether oxygens (including phenoxy) is 1. The van der Waals surface area contributed by atoms with Gasteiger partial charge in [0.2, 0.25) is 11.3 Å². The lowest BCUT2D eigenvalue weighted by atomic mass is 9.84. The molecule has 35 heavy (non-hydrogen) atoms. The zero-order valence-electron chi connectivity index (χ0n) is 18.6. The molecule has 0 bridgehead atoms. The Balaban J connectivity index is 1.26. The summed E-state index contributed by atoms with van der Waals surface area (Å²) in [5, 5.41) is 11.4. The number of halogens is 1. The molecule has 0 saturated carbocycles. The van der Waals surface area contributed by atoms with Crippen LogP contribution in [-0.4, -0.2) is 74.8 Å². The number of carboxylic acids is 1. The molecule has 0 atom stereocenters. The van der Waals surface area contributed by atoms with Crippen LogP contribution < -0.4 is 10.3 Å². The molecule has 182 valence electrons. The van der Waals surface area contributed by atoms with E-state index in [1.165, 1.54) is 15.9 Å². The predicted octanol–water partition coefficient (Wildman–Crippen LogP) is 1.90. The molecule has 0 aliphatic carbocycles. The van der Waals surface area contributed by atoms with Crippen molar-refractivity contribution in [1.29, 1.82) is 0 Å². The lowest BCUT2D eigenvalue weighted by Gasteiger charge is -2.53. The van der Waals surface area contributed by atoms with Crippen molar-refractivity contribution in [3.8, 4) is 5.13 Å². The topological polar surface area (TPSA) is 118 Å². The Hall–Kier alpha value is -3.38. The van der Waals surface area contributed by atoms with Crippen molar-refractivity contribution < 1.29 is 23.8 Å². The maximum Gasteiger partial charge on any atom is 0.341 e. The fourth-order valence-electron chi connectivity index (χ4n) is 5.10. The molecule has 3 aliphatic rings. The van der Waals surface area contributed by atoms with E-state index in [1.54, 1.807) is 16.5 Å². The zero-order valence-corrected chi connectivity index (χ0v) is 19.5. The van der Waals surface area contributed by atoms with Crippen LogP contribution in [0, 0.1) is 11.7 Å². The van der Waals surface area contributed by atoms with Crippen molar-refractivity contribution in [2.45, 2.75) is 24.9 Å². The number of carboxylic acid groups (broad SMARTS) is 1. The van der Waals surface area contributed by atoms with Crippen molar-refractivity contribution in [3.63, 3.8) is 0 Å². The van der Waals surface area contributed by atoms with Crippen LogP contribution in [0.3, 0.4) is 0 Å². The van der Waals surface area contributed by atoms with Crippen molar-refractivity contribution >= 4 is 40.1 Å². The standard InChI is InChI=1S/C23H22FN5O5S/c24-16-7-14-17(30)15(21(32)33)10-29(22-25-4-6-35-22)18(14)26-19(16)27-8-13(9-27)20(31)28-11-23(12-28)3-1-2-5-34-23/h4,6-7,10,13H,1-3,5,8-9,11-12H2,(H,32,33). The predicted molar refractivity (Wildman–Crippen MR) is 125 cm³/mol. The first-order valence-corrected chi connectivity index (χ1v) is 12.3. The highest BCUT2D eigenvalue weighted by molar-refractivity contribution is 7.12. The van der Waals surface area contributed by atoms with Crippen molar-refractivity contribution in [2.75, 3.05) is 37.7 Å². The SMILES string of the molecule is O=C(O)c1cn(-c2nccs2)c2nc(N3CC(C(=O)N4CC5(CCCCO5)C4)C3)c(F)cc2c1=O. The molecule has 1 spiro atoms. The Morgan fingerprint density at radius 2 is 2.06 bits per heavy atom. The third-order valence-corrected chi connectivity index (χ3v) is 7.77. The van der Waals surface area contributed by atoms with Gasteiger partial charge in [-0.25, -0.2) is 19.2 Å². The minimum absolute atomic E-state index is 0.0185. The highest BCUT2D eigenvalue weighted by Crippen LogP contribution is 2.36. The number of thiazole rings is 1. The number of aromatic nitrogens is 3. The average molecular weight is 500 g/mol.